The molecule has 3 aliphatic heterocycles. The predicted octanol–water partition coefficient (Wildman–Crippen LogP) is 5.94. The van der Waals surface area contributed by atoms with Gasteiger partial charge in [-0.05, 0) is 85.9 Å². The van der Waals surface area contributed by atoms with Crippen molar-refractivity contribution in [3.05, 3.63) is 106 Å². The van der Waals surface area contributed by atoms with Crippen molar-refractivity contribution in [2.75, 3.05) is 9.80 Å². The molecule has 3 aromatic rings. The van der Waals surface area contributed by atoms with Gasteiger partial charge >= 0.3 is 0 Å². The molecule has 4 amide bonds. The van der Waals surface area contributed by atoms with Crippen molar-refractivity contribution >= 4 is 50.9 Å². The highest BCUT2D eigenvalue weighted by Crippen LogP contribution is 2.63. The smallest absolute Gasteiger partial charge is 0.241 e. The van der Waals surface area contributed by atoms with Crippen LogP contribution in [-0.4, -0.2) is 28.7 Å². The van der Waals surface area contributed by atoms with Gasteiger partial charge in [0.05, 0.1) is 40.8 Å². The lowest BCUT2D eigenvalue weighted by Crippen LogP contribution is -2.51. The van der Waals surface area contributed by atoms with Crippen molar-refractivity contribution < 1.29 is 29.0 Å². The number of para-hydroxylation sites is 1. The second kappa shape index (κ2) is 10.0. The molecule has 8 nitrogen and oxygen atoms in total. The molecule has 0 spiro atoms. The maximum Gasteiger partial charge on any atom is 0.241 e. The SMILES string of the molecule is C[C@@]12C(=O)N(c3ccccc3)C(=O)[C@@H]1C[C@@H]1C(=CC[C@@H]3C(=O)N(c4ccc(Br)cc4)C(=O)[C@@H]31)[C@@H]2C1=COc2ccc(O)cc2C1. The minimum absolute atomic E-state index is 0.106. The van der Waals surface area contributed by atoms with Crippen molar-refractivity contribution in [3.8, 4) is 11.5 Å². The summed E-state index contributed by atoms with van der Waals surface area (Å²) >= 11 is 3.42. The number of benzene rings is 3. The summed E-state index contributed by atoms with van der Waals surface area (Å²) in [6.45, 7) is 1.86. The Labute approximate surface area is 268 Å². The molecule has 1 N–H and O–H groups in total. The lowest BCUT2D eigenvalue weighted by Gasteiger charge is -2.49. The lowest BCUT2D eigenvalue weighted by atomic mass is 9.51. The predicted molar refractivity (Wildman–Crippen MR) is 169 cm³/mol. The van der Waals surface area contributed by atoms with Gasteiger partial charge in [0, 0.05) is 22.4 Å². The molecule has 226 valence electrons. The molecule has 0 aromatic heterocycles. The summed E-state index contributed by atoms with van der Waals surface area (Å²) in [5, 5.41) is 10.2. The summed E-state index contributed by atoms with van der Waals surface area (Å²) in [6.07, 6.45) is 4.75. The van der Waals surface area contributed by atoms with E-state index in [9.17, 15) is 24.3 Å². The van der Waals surface area contributed by atoms with E-state index in [1.807, 2.05) is 19.1 Å². The number of nitrogens with zero attached hydrogens (tertiary/aromatic N) is 2. The number of imide groups is 2. The Morgan fingerprint density at radius 3 is 2.36 bits per heavy atom. The summed E-state index contributed by atoms with van der Waals surface area (Å²) in [7, 11) is 0. The molecule has 2 saturated heterocycles. The van der Waals surface area contributed by atoms with Crippen LogP contribution < -0.4 is 14.5 Å². The summed E-state index contributed by atoms with van der Waals surface area (Å²) in [6, 6.07) is 21.0. The van der Waals surface area contributed by atoms with Crippen molar-refractivity contribution in [2.24, 2.45) is 35.0 Å². The fraction of sp³-hybridized carbons (Fsp3) is 0.278. The molecule has 1 saturated carbocycles. The van der Waals surface area contributed by atoms with Crippen molar-refractivity contribution in [3.63, 3.8) is 0 Å². The third-order valence-electron chi connectivity index (χ3n) is 10.5. The Hall–Kier alpha value is -4.50. The van der Waals surface area contributed by atoms with Gasteiger partial charge in [-0.2, -0.15) is 0 Å². The van der Waals surface area contributed by atoms with Crippen LogP contribution in [0, 0.1) is 35.0 Å². The van der Waals surface area contributed by atoms with Gasteiger partial charge in [-0.15, -0.1) is 0 Å². The first kappa shape index (κ1) is 28.0. The molecule has 8 rings (SSSR count). The van der Waals surface area contributed by atoms with E-state index < -0.39 is 35.0 Å². The monoisotopic (exact) mass is 664 g/mol. The largest absolute Gasteiger partial charge is 0.508 e. The minimum atomic E-state index is -1.15. The minimum Gasteiger partial charge on any atom is -0.508 e. The maximum absolute atomic E-state index is 14.5. The zero-order valence-electron chi connectivity index (χ0n) is 24.4. The molecule has 3 heterocycles. The lowest BCUT2D eigenvalue weighted by molar-refractivity contribution is -0.132. The van der Waals surface area contributed by atoms with Gasteiger partial charge < -0.3 is 9.84 Å². The zero-order chi connectivity index (χ0) is 31.2. The van der Waals surface area contributed by atoms with E-state index in [0.29, 0.717) is 30.0 Å². The molecule has 0 bridgehead atoms. The highest BCUT2D eigenvalue weighted by atomic mass is 79.9. The van der Waals surface area contributed by atoms with Crippen molar-refractivity contribution in [1.29, 1.82) is 0 Å². The number of phenols is 1. The summed E-state index contributed by atoms with van der Waals surface area (Å²) in [5.41, 5.74) is 2.35. The first-order chi connectivity index (χ1) is 21.7. The third kappa shape index (κ3) is 3.96. The number of carbonyl (C=O) groups excluding carboxylic acids is 4. The van der Waals surface area contributed by atoms with Crippen LogP contribution in [0.4, 0.5) is 11.4 Å². The van der Waals surface area contributed by atoms with Crippen LogP contribution in [0.15, 0.2) is 101 Å². The van der Waals surface area contributed by atoms with E-state index in [1.165, 1.54) is 9.80 Å². The number of rotatable bonds is 3. The molecule has 2 aliphatic carbocycles. The molecule has 3 aromatic carbocycles. The van der Waals surface area contributed by atoms with Gasteiger partial charge in [-0.25, -0.2) is 4.90 Å². The average Bonchev–Trinajstić information content (AvgIpc) is 3.41. The molecular weight excluding hydrogens is 636 g/mol. The summed E-state index contributed by atoms with van der Waals surface area (Å²) in [4.78, 5) is 59.4. The van der Waals surface area contributed by atoms with Crippen LogP contribution in [0.25, 0.3) is 0 Å². The molecule has 3 fully saturated rings. The number of hydrogen-bond donors (Lipinski definition) is 1. The first-order valence-corrected chi connectivity index (χ1v) is 15.9. The van der Waals surface area contributed by atoms with E-state index in [0.717, 1.165) is 21.2 Å². The van der Waals surface area contributed by atoms with Gasteiger partial charge in [0.15, 0.2) is 0 Å². The Kier molecular flexibility index (Phi) is 6.23. The number of phenolic OH excluding ortho intramolecular Hbond substituents is 1. The molecule has 9 heteroatoms. The second-order valence-electron chi connectivity index (χ2n) is 12.8. The first-order valence-electron chi connectivity index (χ1n) is 15.1. The van der Waals surface area contributed by atoms with E-state index >= 15 is 0 Å². The van der Waals surface area contributed by atoms with Crippen molar-refractivity contribution in [2.45, 2.75) is 26.2 Å². The number of amides is 4. The summed E-state index contributed by atoms with van der Waals surface area (Å²) in [5.74, 6) is -3.25. The normalized spacial score (nSPS) is 30.2. The second-order valence-corrected chi connectivity index (χ2v) is 13.7. The third-order valence-corrected chi connectivity index (χ3v) is 11.0. The van der Waals surface area contributed by atoms with E-state index in [4.69, 9.17) is 4.74 Å². The molecule has 0 radical (unpaired) electrons. The quantitative estimate of drug-likeness (QED) is 0.275. The van der Waals surface area contributed by atoms with Crippen LogP contribution in [0.5, 0.6) is 11.5 Å². The number of aromatic hydroxyl groups is 1. The number of halogens is 1. The molecule has 45 heavy (non-hydrogen) atoms. The van der Waals surface area contributed by atoms with Gasteiger partial charge in [0.25, 0.3) is 0 Å². The van der Waals surface area contributed by atoms with Crippen LogP contribution in [-0.2, 0) is 25.6 Å². The Balaban J connectivity index is 1.25. The van der Waals surface area contributed by atoms with E-state index in [1.54, 1.807) is 73.0 Å². The highest BCUT2D eigenvalue weighted by Gasteiger charge is 2.68. The van der Waals surface area contributed by atoms with Gasteiger partial charge in [0.1, 0.15) is 11.5 Å². The number of allylic oxidation sites excluding steroid dienone is 3. The molecular formula is C36H29BrN2O6. The van der Waals surface area contributed by atoms with Crippen LogP contribution in [0.2, 0.25) is 0 Å². The van der Waals surface area contributed by atoms with Crippen molar-refractivity contribution in [1.82, 2.24) is 0 Å². The Morgan fingerprint density at radius 1 is 0.867 bits per heavy atom. The van der Waals surface area contributed by atoms with Crippen LogP contribution >= 0.6 is 15.9 Å². The summed E-state index contributed by atoms with van der Waals surface area (Å²) < 4.78 is 6.90. The van der Waals surface area contributed by atoms with Gasteiger partial charge in [-0.1, -0.05) is 45.8 Å². The number of ether oxygens (including phenoxy) is 1. The number of fused-ring (bicyclic) bond motifs is 5. The number of anilines is 2. The van der Waals surface area contributed by atoms with Gasteiger partial charge in [0.2, 0.25) is 23.6 Å². The van der Waals surface area contributed by atoms with Crippen LogP contribution in [0.3, 0.4) is 0 Å². The Bertz CT molecular complexity index is 1870. The fourth-order valence-electron chi connectivity index (χ4n) is 8.51. The molecule has 6 atom stereocenters. The van der Waals surface area contributed by atoms with Crippen LogP contribution in [0.1, 0.15) is 25.3 Å². The average molecular weight is 666 g/mol. The maximum atomic E-state index is 14.5. The molecule has 5 aliphatic rings. The van der Waals surface area contributed by atoms with E-state index in [2.05, 4.69) is 15.9 Å². The van der Waals surface area contributed by atoms with Gasteiger partial charge in [-0.3, -0.25) is 24.1 Å². The standard InChI is InChI=1S/C36H29BrN2O6/c1-36-28(33(42)39(35(36)44)22-5-3-2-4-6-22)17-27-25(31(36)20-15-19-16-24(40)11-14-29(19)45-18-20)12-13-26-30(27)34(43)38(32(26)41)23-9-7-21(37)8-10-23/h2-12,14,16,18,26-28,30-31,40H,13,15,17H2,1H3/t26-,27+,28-,30-,31-,36+/m0/s1. The molecule has 0 unspecified atom stereocenters. The number of hydrogen-bond acceptors (Lipinski definition) is 6. The fourth-order valence-corrected chi connectivity index (χ4v) is 8.78. The zero-order valence-corrected chi connectivity index (χ0v) is 25.9. The topological polar surface area (TPSA) is 104 Å². The highest BCUT2D eigenvalue weighted by molar-refractivity contribution is 9.10. The number of carbonyl (C=O) groups is 4. The van der Waals surface area contributed by atoms with E-state index in [-0.39, 0.29) is 35.8 Å². The Morgan fingerprint density at radius 2 is 1.60 bits per heavy atom.